The van der Waals surface area contributed by atoms with Crippen LogP contribution in [0.15, 0.2) is 42.5 Å². The van der Waals surface area contributed by atoms with Gasteiger partial charge in [0.2, 0.25) is 0 Å². The molecule has 0 bridgehead atoms. The Morgan fingerprint density at radius 2 is 0.629 bits per heavy atom. The Balaban J connectivity index is 2.27. The highest BCUT2D eigenvalue weighted by Crippen LogP contribution is 2.39. The molecule has 2 nitrogen and oxygen atoms in total. The smallest absolute Gasteiger partial charge is 0.239 e. The zero-order valence-electron chi connectivity index (χ0n) is 17.0. The number of aromatic nitrogens is 2. The molecule has 3 aromatic rings. The molecule has 0 saturated carbocycles. The molecule has 3 rings (SSSR count). The molecule has 0 spiro atoms. The van der Waals surface area contributed by atoms with Crippen molar-refractivity contribution in [3.05, 3.63) is 70.8 Å². The van der Waals surface area contributed by atoms with Gasteiger partial charge in [-0.2, -0.15) is 52.7 Å². The molecule has 14 heteroatoms. The normalized spacial score (nSPS) is 13.3. The summed E-state index contributed by atoms with van der Waals surface area (Å²) in [4.78, 5) is 5.15. The van der Waals surface area contributed by atoms with Crippen molar-refractivity contribution >= 4 is 0 Å². The lowest BCUT2D eigenvalue weighted by atomic mass is 9.95. The van der Waals surface area contributed by atoms with Crippen LogP contribution in [0, 0.1) is 6.92 Å². The van der Waals surface area contributed by atoms with Gasteiger partial charge in [-0.3, -0.25) is 0 Å². The van der Waals surface area contributed by atoms with Gasteiger partial charge in [0.05, 0.1) is 0 Å². The summed E-state index contributed by atoms with van der Waals surface area (Å²) in [5.41, 5.74) is -9.33. The Labute approximate surface area is 188 Å². The third-order valence-corrected chi connectivity index (χ3v) is 4.56. The Bertz CT molecular complexity index is 1090. The van der Waals surface area contributed by atoms with Crippen LogP contribution in [-0.4, -0.2) is 9.97 Å². The van der Waals surface area contributed by atoms with Gasteiger partial charge in [0.1, 0.15) is 22.8 Å². The van der Waals surface area contributed by atoms with Crippen molar-refractivity contribution in [3.8, 4) is 22.3 Å². The molecular formula is C21H10F12N2. The maximum absolute atomic E-state index is 13.1. The maximum Gasteiger partial charge on any atom is 0.433 e. The molecule has 0 aliphatic heterocycles. The predicted molar refractivity (Wildman–Crippen MR) is 97.6 cm³/mol. The molecule has 0 aliphatic carbocycles. The van der Waals surface area contributed by atoms with Crippen LogP contribution in [-0.2, 0) is 24.7 Å². The SMILES string of the molecule is Cc1cc(-c2cc(C(F)(F)F)nc(C(F)(F)F)c2)cc(-c2cc(C(F)(F)F)nc(C(F)(F)F)c2)c1. The summed E-state index contributed by atoms with van der Waals surface area (Å²) >= 11 is 0. The van der Waals surface area contributed by atoms with Crippen LogP contribution in [0.4, 0.5) is 52.7 Å². The molecule has 0 fully saturated rings. The molecule has 0 saturated heterocycles. The van der Waals surface area contributed by atoms with Gasteiger partial charge >= 0.3 is 24.7 Å². The van der Waals surface area contributed by atoms with E-state index in [0.29, 0.717) is 24.3 Å². The van der Waals surface area contributed by atoms with Crippen molar-refractivity contribution in [2.24, 2.45) is 0 Å². The van der Waals surface area contributed by atoms with Crippen molar-refractivity contribution in [3.63, 3.8) is 0 Å². The Morgan fingerprint density at radius 1 is 0.400 bits per heavy atom. The zero-order chi connectivity index (χ0) is 26.6. The molecule has 0 radical (unpaired) electrons. The van der Waals surface area contributed by atoms with Gasteiger partial charge in [-0.15, -0.1) is 0 Å². The number of hydrogen-bond acceptors (Lipinski definition) is 2. The van der Waals surface area contributed by atoms with E-state index in [4.69, 9.17) is 0 Å². The lowest BCUT2D eigenvalue weighted by Crippen LogP contribution is -2.15. The van der Waals surface area contributed by atoms with E-state index in [1.54, 1.807) is 0 Å². The first-order valence-corrected chi connectivity index (χ1v) is 9.20. The number of aryl methyl sites for hydroxylation is 1. The minimum absolute atomic E-state index is 0.135. The third kappa shape index (κ3) is 6.03. The van der Waals surface area contributed by atoms with Crippen LogP contribution in [0.3, 0.4) is 0 Å². The molecule has 35 heavy (non-hydrogen) atoms. The van der Waals surface area contributed by atoms with E-state index in [1.807, 2.05) is 0 Å². The van der Waals surface area contributed by atoms with Crippen molar-refractivity contribution in [2.75, 3.05) is 0 Å². The molecule has 0 unspecified atom stereocenters. The van der Waals surface area contributed by atoms with E-state index < -0.39 is 58.6 Å². The van der Waals surface area contributed by atoms with Gasteiger partial charge in [0.25, 0.3) is 0 Å². The second-order valence-corrected chi connectivity index (χ2v) is 7.33. The Kier molecular flexibility index (Phi) is 6.32. The van der Waals surface area contributed by atoms with Gasteiger partial charge in [0, 0.05) is 0 Å². The number of rotatable bonds is 2. The highest BCUT2D eigenvalue weighted by Gasteiger charge is 2.40. The fraction of sp³-hybridized carbons (Fsp3) is 0.238. The van der Waals surface area contributed by atoms with E-state index in [0.717, 1.165) is 18.2 Å². The van der Waals surface area contributed by atoms with Gasteiger partial charge in [0.15, 0.2) is 0 Å². The second kappa shape index (κ2) is 8.41. The van der Waals surface area contributed by atoms with Crippen LogP contribution < -0.4 is 0 Å². The number of pyridine rings is 2. The maximum atomic E-state index is 13.1. The van der Waals surface area contributed by atoms with Crippen LogP contribution in [0.2, 0.25) is 0 Å². The summed E-state index contributed by atoms with van der Waals surface area (Å²) in [6, 6.07) is 4.29. The first-order valence-electron chi connectivity index (χ1n) is 9.20. The van der Waals surface area contributed by atoms with Gasteiger partial charge in [-0.1, -0.05) is 12.1 Å². The minimum Gasteiger partial charge on any atom is -0.239 e. The molecular weight excluding hydrogens is 508 g/mol. The number of benzene rings is 1. The summed E-state index contributed by atoms with van der Waals surface area (Å²) in [7, 11) is 0. The molecule has 0 amide bonds. The highest BCUT2D eigenvalue weighted by atomic mass is 19.4. The quantitative estimate of drug-likeness (QED) is 0.320. The first kappa shape index (κ1) is 26.3. The van der Waals surface area contributed by atoms with Crippen LogP contribution in [0.1, 0.15) is 28.3 Å². The fourth-order valence-electron chi connectivity index (χ4n) is 3.09. The molecule has 2 aromatic heterocycles. The summed E-state index contributed by atoms with van der Waals surface area (Å²) in [6.45, 7) is 1.31. The number of alkyl halides is 12. The standard InChI is InChI=1S/C21H10F12N2/c1-9-2-10(12-5-14(18(22,23)24)34-15(6-12)19(25,26)27)4-11(3-9)13-7-16(20(28,29)30)35-17(8-13)21(31,32)33/h2-8H,1H3. The predicted octanol–water partition coefficient (Wildman–Crippen LogP) is 8.19. The summed E-state index contributed by atoms with van der Waals surface area (Å²) in [6.07, 6.45) is -21.1. The zero-order valence-corrected chi connectivity index (χ0v) is 17.0. The average Bonchev–Trinajstić information content (AvgIpc) is 2.70. The molecule has 0 N–H and O–H groups in total. The van der Waals surface area contributed by atoms with Crippen LogP contribution >= 0.6 is 0 Å². The molecule has 0 atom stereocenters. The van der Waals surface area contributed by atoms with E-state index in [2.05, 4.69) is 9.97 Å². The van der Waals surface area contributed by atoms with Crippen molar-refractivity contribution in [1.29, 1.82) is 0 Å². The number of nitrogens with zero attached hydrogens (tertiary/aromatic N) is 2. The molecule has 1 aromatic carbocycles. The Morgan fingerprint density at radius 3 is 0.857 bits per heavy atom. The van der Waals surface area contributed by atoms with Crippen molar-refractivity contribution < 1.29 is 52.7 Å². The van der Waals surface area contributed by atoms with E-state index in [9.17, 15) is 52.7 Å². The van der Waals surface area contributed by atoms with Gasteiger partial charge in [-0.05, 0) is 65.1 Å². The topological polar surface area (TPSA) is 25.8 Å². The molecule has 0 aliphatic rings. The van der Waals surface area contributed by atoms with Gasteiger partial charge in [-0.25, -0.2) is 9.97 Å². The van der Waals surface area contributed by atoms with Crippen LogP contribution in [0.25, 0.3) is 22.3 Å². The van der Waals surface area contributed by atoms with E-state index in [-0.39, 0.29) is 16.7 Å². The molecule has 188 valence electrons. The van der Waals surface area contributed by atoms with Crippen molar-refractivity contribution in [1.82, 2.24) is 9.97 Å². The largest absolute Gasteiger partial charge is 0.433 e. The third-order valence-electron chi connectivity index (χ3n) is 4.56. The molecule has 2 heterocycles. The minimum atomic E-state index is -5.27. The second-order valence-electron chi connectivity index (χ2n) is 7.33. The lowest BCUT2D eigenvalue weighted by Gasteiger charge is -2.16. The van der Waals surface area contributed by atoms with Gasteiger partial charge < -0.3 is 0 Å². The summed E-state index contributed by atoms with van der Waals surface area (Å²) in [5, 5.41) is 0. The number of halogens is 12. The van der Waals surface area contributed by atoms with Crippen LogP contribution in [0.5, 0.6) is 0 Å². The van der Waals surface area contributed by atoms with E-state index in [1.165, 1.54) is 6.92 Å². The average molecular weight is 518 g/mol. The summed E-state index contributed by atoms with van der Waals surface area (Å²) < 4.78 is 158. The van der Waals surface area contributed by atoms with E-state index >= 15 is 0 Å². The fourth-order valence-corrected chi connectivity index (χ4v) is 3.09. The summed E-state index contributed by atoms with van der Waals surface area (Å²) in [5.74, 6) is 0. The first-order chi connectivity index (χ1) is 15.7. The Hall–Kier alpha value is -3.32. The monoisotopic (exact) mass is 518 g/mol. The highest BCUT2D eigenvalue weighted by molar-refractivity contribution is 5.75. The number of hydrogen-bond donors (Lipinski definition) is 0. The van der Waals surface area contributed by atoms with Crippen molar-refractivity contribution in [2.45, 2.75) is 31.6 Å². The lowest BCUT2D eigenvalue weighted by molar-refractivity contribution is -0.151.